The monoisotopic (exact) mass is 432 g/mol. The summed E-state index contributed by atoms with van der Waals surface area (Å²) < 4.78 is 26.8. The molecule has 0 radical (unpaired) electrons. The van der Waals surface area contributed by atoms with Crippen LogP contribution in [0.4, 0.5) is 4.79 Å². The van der Waals surface area contributed by atoms with E-state index < -0.39 is 11.6 Å². The Bertz CT molecular complexity index is 1130. The zero-order valence-corrected chi connectivity index (χ0v) is 17.7. The van der Waals surface area contributed by atoms with Gasteiger partial charge in [-0.1, -0.05) is 25.4 Å². The summed E-state index contributed by atoms with van der Waals surface area (Å²) in [7, 11) is 3.00. The van der Waals surface area contributed by atoms with Gasteiger partial charge >= 0.3 is 6.16 Å². The van der Waals surface area contributed by atoms with Crippen LogP contribution in [0.15, 0.2) is 45.6 Å². The van der Waals surface area contributed by atoms with Crippen molar-refractivity contribution in [3.63, 3.8) is 0 Å². The number of rotatable bonds is 6. The zero-order chi connectivity index (χ0) is 21.8. The maximum absolute atomic E-state index is 13.1. The highest BCUT2D eigenvalue weighted by Crippen LogP contribution is 2.37. The molecule has 7 nitrogen and oxygen atoms in total. The van der Waals surface area contributed by atoms with Crippen LogP contribution in [0.1, 0.15) is 13.8 Å². The normalized spacial score (nSPS) is 10.9. The molecule has 0 saturated heterocycles. The zero-order valence-electron chi connectivity index (χ0n) is 17.0. The molecule has 0 spiro atoms. The van der Waals surface area contributed by atoms with E-state index in [9.17, 15) is 9.59 Å². The van der Waals surface area contributed by atoms with Crippen molar-refractivity contribution >= 4 is 28.7 Å². The van der Waals surface area contributed by atoms with Crippen LogP contribution in [-0.4, -0.2) is 27.0 Å². The number of carbonyl (C=O) groups excluding carboxylic acids is 1. The first kappa shape index (κ1) is 21.5. The second-order valence-electron chi connectivity index (χ2n) is 6.86. The van der Waals surface area contributed by atoms with E-state index in [-0.39, 0.29) is 35.0 Å². The van der Waals surface area contributed by atoms with Crippen LogP contribution in [0.25, 0.3) is 22.3 Å². The van der Waals surface area contributed by atoms with E-state index >= 15 is 0 Å². The van der Waals surface area contributed by atoms with Gasteiger partial charge in [0, 0.05) is 10.6 Å². The van der Waals surface area contributed by atoms with E-state index in [1.54, 1.807) is 30.3 Å². The number of fused-ring (bicyclic) bond motifs is 1. The van der Waals surface area contributed by atoms with Gasteiger partial charge in [0.25, 0.3) is 0 Å². The maximum Gasteiger partial charge on any atom is 0.514 e. The standard InChI is InChI=1S/C22H21ClO7/c1-12(2)11-28-22(25)30-21-19(24)15-10-14(23)6-8-16(15)29-20(21)13-5-7-17(26-3)18(9-13)27-4/h5-10,12H,11H2,1-4H3. The van der Waals surface area contributed by atoms with Gasteiger partial charge in [-0.05, 0) is 42.3 Å². The van der Waals surface area contributed by atoms with Gasteiger partial charge in [-0.2, -0.15) is 0 Å². The molecule has 3 aromatic rings. The van der Waals surface area contributed by atoms with Crippen LogP contribution in [0.5, 0.6) is 17.2 Å². The summed E-state index contributed by atoms with van der Waals surface area (Å²) in [6, 6.07) is 9.56. The maximum atomic E-state index is 13.1. The lowest BCUT2D eigenvalue weighted by molar-refractivity contribution is 0.0879. The average molecular weight is 433 g/mol. The fraction of sp³-hybridized carbons (Fsp3) is 0.273. The van der Waals surface area contributed by atoms with Gasteiger partial charge < -0.3 is 23.4 Å². The van der Waals surface area contributed by atoms with Crippen molar-refractivity contribution < 1.29 is 28.2 Å². The quantitative estimate of drug-likeness (QED) is 0.488. The number of hydrogen-bond acceptors (Lipinski definition) is 7. The van der Waals surface area contributed by atoms with E-state index in [4.69, 9.17) is 35.0 Å². The second-order valence-corrected chi connectivity index (χ2v) is 7.29. The molecule has 0 aliphatic rings. The highest BCUT2D eigenvalue weighted by atomic mass is 35.5. The number of ether oxygens (including phenoxy) is 4. The summed E-state index contributed by atoms with van der Waals surface area (Å²) in [5, 5.41) is 0.528. The molecule has 0 fully saturated rings. The second kappa shape index (κ2) is 9.09. The number of halogens is 1. The molecule has 8 heteroatoms. The molecule has 3 rings (SSSR count). The molecule has 0 amide bonds. The topological polar surface area (TPSA) is 84.2 Å². The average Bonchev–Trinajstić information content (AvgIpc) is 2.74. The molecular weight excluding hydrogens is 412 g/mol. The summed E-state index contributed by atoms with van der Waals surface area (Å²) in [5.74, 6) is 0.773. The lowest BCUT2D eigenvalue weighted by Crippen LogP contribution is -2.19. The summed E-state index contributed by atoms with van der Waals surface area (Å²) in [4.78, 5) is 25.3. The molecule has 0 N–H and O–H groups in total. The van der Waals surface area contributed by atoms with Crippen molar-refractivity contribution in [1.82, 2.24) is 0 Å². The molecule has 2 aromatic carbocycles. The summed E-state index contributed by atoms with van der Waals surface area (Å²) in [6.45, 7) is 3.92. The molecule has 30 heavy (non-hydrogen) atoms. The summed E-state index contributed by atoms with van der Waals surface area (Å²) in [5.41, 5.74) is 0.190. The molecule has 0 aliphatic heterocycles. The van der Waals surface area contributed by atoms with Crippen LogP contribution >= 0.6 is 11.6 Å². The Hall–Kier alpha value is -3.19. The van der Waals surface area contributed by atoms with E-state index in [0.29, 0.717) is 22.1 Å². The first-order valence-corrected chi connectivity index (χ1v) is 9.55. The van der Waals surface area contributed by atoms with Gasteiger partial charge in [0.2, 0.25) is 11.2 Å². The fourth-order valence-electron chi connectivity index (χ4n) is 2.76. The van der Waals surface area contributed by atoms with E-state index in [2.05, 4.69) is 0 Å². The van der Waals surface area contributed by atoms with Crippen LogP contribution in [0.3, 0.4) is 0 Å². The number of carbonyl (C=O) groups is 1. The Morgan fingerprint density at radius 2 is 1.80 bits per heavy atom. The van der Waals surface area contributed by atoms with Gasteiger partial charge in [0.1, 0.15) is 5.58 Å². The van der Waals surface area contributed by atoms with Crippen LogP contribution < -0.4 is 19.6 Å². The first-order chi connectivity index (χ1) is 14.3. The van der Waals surface area contributed by atoms with Crippen molar-refractivity contribution in [1.29, 1.82) is 0 Å². The predicted octanol–water partition coefficient (Wildman–Crippen LogP) is 5.30. The number of methoxy groups -OCH3 is 2. The van der Waals surface area contributed by atoms with E-state index in [0.717, 1.165) is 0 Å². The first-order valence-electron chi connectivity index (χ1n) is 9.17. The Kier molecular flexibility index (Phi) is 6.52. The predicted molar refractivity (Wildman–Crippen MR) is 113 cm³/mol. The Morgan fingerprint density at radius 3 is 2.47 bits per heavy atom. The third-order valence-corrected chi connectivity index (χ3v) is 4.41. The Labute approximate surface area is 178 Å². The van der Waals surface area contributed by atoms with Gasteiger partial charge in [-0.25, -0.2) is 4.79 Å². The molecule has 0 unspecified atom stereocenters. The minimum absolute atomic E-state index is 0.0530. The van der Waals surface area contributed by atoms with Crippen molar-refractivity contribution in [2.45, 2.75) is 13.8 Å². The van der Waals surface area contributed by atoms with Crippen molar-refractivity contribution in [2.75, 3.05) is 20.8 Å². The lowest BCUT2D eigenvalue weighted by atomic mass is 10.1. The third kappa shape index (κ3) is 4.52. The molecular formula is C22H21ClO7. The highest BCUT2D eigenvalue weighted by Gasteiger charge is 2.22. The largest absolute Gasteiger partial charge is 0.514 e. The van der Waals surface area contributed by atoms with E-state index in [1.165, 1.54) is 20.3 Å². The van der Waals surface area contributed by atoms with Crippen molar-refractivity contribution in [2.24, 2.45) is 5.92 Å². The van der Waals surface area contributed by atoms with Gasteiger partial charge in [0.15, 0.2) is 17.3 Å². The molecule has 0 aliphatic carbocycles. The number of benzene rings is 2. The van der Waals surface area contributed by atoms with Gasteiger partial charge in [0.05, 0.1) is 26.2 Å². The Morgan fingerprint density at radius 1 is 1.07 bits per heavy atom. The molecule has 158 valence electrons. The summed E-state index contributed by atoms with van der Waals surface area (Å²) >= 11 is 6.02. The lowest BCUT2D eigenvalue weighted by Gasteiger charge is -2.13. The molecule has 0 saturated carbocycles. The van der Waals surface area contributed by atoms with Crippen molar-refractivity contribution in [3.8, 4) is 28.6 Å². The fourth-order valence-corrected chi connectivity index (χ4v) is 2.93. The highest BCUT2D eigenvalue weighted by molar-refractivity contribution is 6.31. The van der Waals surface area contributed by atoms with Gasteiger partial charge in [-0.3, -0.25) is 4.79 Å². The minimum Gasteiger partial charge on any atom is -0.493 e. The summed E-state index contributed by atoms with van der Waals surface area (Å²) in [6.07, 6.45) is -1.00. The smallest absolute Gasteiger partial charge is 0.493 e. The van der Waals surface area contributed by atoms with Gasteiger partial charge in [-0.15, -0.1) is 0 Å². The van der Waals surface area contributed by atoms with E-state index in [1.807, 2.05) is 13.8 Å². The van der Waals surface area contributed by atoms with Crippen LogP contribution in [-0.2, 0) is 4.74 Å². The molecule has 1 heterocycles. The third-order valence-electron chi connectivity index (χ3n) is 4.18. The van der Waals surface area contributed by atoms with Crippen molar-refractivity contribution in [3.05, 3.63) is 51.6 Å². The van der Waals surface area contributed by atoms with Crippen LogP contribution in [0.2, 0.25) is 5.02 Å². The molecule has 0 atom stereocenters. The number of hydrogen-bond donors (Lipinski definition) is 0. The van der Waals surface area contributed by atoms with Crippen LogP contribution in [0, 0.1) is 5.92 Å². The molecule has 1 aromatic heterocycles. The minimum atomic E-state index is -1.00. The SMILES string of the molecule is COc1ccc(-c2oc3ccc(Cl)cc3c(=O)c2OC(=O)OCC(C)C)cc1OC. The Balaban J connectivity index is 2.17. The molecule has 0 bridgehead atoms.